The summed E-state index contributed by atoms with van der Waals surface area (Å²) in [6.45, 7) is 2.24. The van der Waals surface area contributed by atoms with E-state index in [0.717, 1.165) is 17.5 Å². The molecule has 0 radical (unpaired) electrons. The topological polar surface area (TPSA) is 120 Å². The lowest BCUT2D eigenvalue weighted by molar-refractivity contribution is -0.401. The molecule has 0 fully saturated rings. The van der Waals surface area contributed by atoms with Crippen LogP contribution in [0.4, 0.5) is 5.88 Å². The largest absolute Gasteiger partial charge is 0.433 e. The van der Waals surface area contributed by atoms with Crippen LogP contribution in [0.3, 0.4) is 0 Å². The van der Waals surface area contributed by atoms with Crippen molar-refractivity contribution in [3.05, 3.63) is 86.3 Å². The average molecular weight is 415 g/mol. The summed E-state index contributed by atoms with van der Waals surface area (Å²) >= 11 is 0. The molecule has 0 atom stereocenters. The van der Waals surface area contributed by atoms with Crippen molar-refractivity contribution >= 4 is 28.0 Å². The fraction of sp³-hybridized carbons (Fsp3) is 0.136. The predicted molar refractivity (Wildman–Crippen MR) is 115 cm³/mol. The average Bonchev–Trinajstić information content (AvgIpc) is 3.37. The van der Waals surface area contributed by atoms with Crippen molar-refractivity contribution in [3.8, 4) is 11.6 Å². The van der Waals surface area contributed by atoms with Crippen LogP contribution in [0.5, 0.6) is 0 Å². The van der Waals surface area contributed by atoms with Gasteiger partial charge in [-0.2, -0.15) is 0 Å². The molecule has 9 nitrogen and oxygen atoms in total. The normalized spacial score (nSPS) is 11.4. The van der Waals surface area contributed by atoms with Crippen LogP contribution in [0.1, 0.15) is 11.3 Å². The molecule has 5 rings (SSSR count). The number of nitrogens with one attached hydrogen (secondary N) is 1. The maximum Gasteiger partial charge on any atom is 0.433 e. The van der Waals surface area contributed by atoms with Crippen molar-refractivity contribution in [1.29, 1.82) is 0 Å². The monoisotopic (exact) mass is 415 g/mol. The number of rotatable bonds is 5. The van der Waals surface area contributed by atoms with Gasteiger partial charge in [0.25, 0.3) is 5.56 Å². The van der Waals surface area contributed by atoms with Crippen LogP contribution in [-0.4, -0.2) is 24.4 Å². The van der Waals surface area contributed by atoms with Crippen molar-refractivity contribution < 1.29 is 9.34 Å². The van der Waals surface area contributed by atoms with Crippen LogP contribution < -0.4 is 5.56 Å². The number of imidazole rings is 1. The van der Waals surface area contributed by atoms with E-state index in [9.17, 15) is 14.9 Å². The summed E-state index contributed by atoms with van der Waals surface area (Å²) in [6, 6.07) is 16.5. The Balaban J connectivity index is 1.69. The first-order valence-electron chi connectivity index (χ1n) is 9.69. The summed E-state index contributed by atoms with van der Waals surface area (Å²) in [7, 11) is 0. The maximum atomic E-state index is 12.0. The van der Waals surface area contributed by atoms with E-state index in [4.69, 9.17) is 4.42 Å². The summed E-state index contributed by atoms with van der Waals surface area (Å²) < 4.78 is 7.40. The zero-order chi connectivity index (χ0) is 21.5. The van der Waals surface area contributed by atoms with Gasteiger partial charge in [-0.15, -0.1) is 0 Å². The minimum Gasteiger partial charge on any atom is -0.397 e. The maximum absolute atomic E-state index is 12.0. The second-order valence-electron chi connectivity index (χ2n) is 7.23. The summed E-state index contributed by atoms with van der Waals surface area (Å²) in [5, 5.41) is 11.1. The lowest BCUT2D eigenvalue weighted by Crippen LogP contribution is -2.11. The molecular formula is C22H17N5O4. The second-order valence-corrected chi connectivity index (χ2v) is 7.23. The van der Waals surface area contributed by atoms with Gasteiger partial charge in [0.05, 0.1) is 28.1 Å². The number of aromatic amines is 1. The Morgan fingerprint density at radius 1 is 1.10 bits per heavy atom. The lowest BCUT2D eigenvalue weighted by Gasteiger charge is -2.08. The Morgan fingerprint density at radius 2 is 1.90 bits per heavy atom. The SMILES string of the molecule is Cc1nc2cc3c(cc2[nH]c1=O)nc(-c1ccc([N+](=O)[O-])o1)n3CCc1ccccc1. The molecular weight excluding hydrogens is 398 g/mol. The summed E-state index contributed by atoms with van der Waals surface area (Å²) in [6.07, 6.45) is 0.734. The van der Waals surface area contributed by atoms with Gasteiger partial charge in [-0.05, 0) is 37.1 Å². The molecule has 0 bridgehead atoms. The number of hydrogen-bond acceptors (Lipinski definition) is 6. The molecule has 31 heavy (non-hydrogen) atoms. The fourth-order valence-corrected chi connectivity index (χ4v) is 3.64. The van der Waals surface area contributed by atoms with Crippen LogP contribution in [0.25, 0.3) is 33.7 Å². The van der Waals surface area contributed by atoms with Crippen LogP contribution >= 0.6 is 0 Å². The van der Waals surface area contributed by atoms with Crippen molar-refractivity contribution in [2.45, 2.75) is 19.9 Å². The van der Waals surface area contributed by atoms with Crippen molar-refractivity contribution in [3.63, 3.8) is 0 Å². The first kappa shape index (κ1) is 18.7. The third-order valence-electron chi connectivity index (χ3n) is 5.19. The summed E-state index contributed by atoms with van der Waals surface area (Å²) in [4.78, 5) is 34.3. The molecule has 0 aliphatic heterocycles. The first-order chi connectivity index (χ1) is 15.0. The Kier molecular flexibility index (Phi) is 4.36. The van der Waals surface area contributed by atoms with E-state index in [2.05, 4.69) is 15.0 Å². The van der Waals surface area contributed by atoms with Gasteiger partial charge >= 0.3 is 5.88 Å². The van der Waals surface area contributed by atoms with E-state index >= 15 is 0 Å². The van der Waals surface area contributed by atoms with Gasteiger partial charge in [0.2, 0.25) is 0 Å². The molecule has 2 aromatic carbocycles. The van der Waals surface area contributed by atoms with Crippen molar-refractivity contribution in [2.24, 2.45) is 0 Å². The molecule has 0 saturated heterocycles. The Hall–Kier alpha value is -4.27. The molecule has 0 spiro atoms. The standard InChI is InChI=1S/C22H17N5O4/c1-13-22(28)25-15-11-17-18(12-16(15)23-13)26(10-9-14-5-3-2-4-6-14)21(24-17)19-7-8-20(31-19)27(29)30/h2-8,11-12H,9-10H2,1H3,(H,25,28). The van der Waals surface area contributed by atoms with Crippen molar-refractivity contribution in [2.75, 3.05) is 0 Å². The minimum absolute atomic E-state index is 0.253. The summed E-state index contributed by atoms with van der Waals surface area (Å²) in [5.41, 5.74) is 3.93. The minimum atomic E-state index is -0.577. The molecule has 0 unspecified atom stereocenters. The number of furan rings is 1. The van der Waals surface area contributed by atoms with Crippen LogP contribution in [-0.2, 0) is 13.0 Å². The third kappa shape index (κ3) is 3.35. The number of benzene rings is 2. The van der Waals surface area contributed by atoms with E-state index in [1.807, 2.05) is 41.0 Å². The quantitative estimate of drug-likeness (QED) is 0.342. The first-order valence-corrected chi connectivity index (χ1v) is 9.69. The fourth-order valence-electron chi connectivity index (χ4n) is 3.64. The Bertz CT molecular complexity index is 1500. The number of H-pyrrole nitrogens is 1. The smallest absolute Gasteiger partial charge is 0.397 e. The van der Waals surface area contributed by atoms with Gasteiger partial charge in [0, 0.05) is 6.54 Å². The highest BCUT2D eigenvalue weighted by Crippen LogP contribution is 2.30. The molecule has 0 aliphatic rings. The van der Waals surface area contributed by atoms with Gasteiger partial charge in [-0.25, -0.2) is 9.97 Å². The van der Waals surface area contributed by atoms with Crippen molar-refractivity contribution in [1.82, 2.24) is 19.5 Å². The van der Waals surface area contributed by atoms with Gasteiger partial charge in [-0.3, -0.25) is 14.9 Å². The second kappa shape index (κ2) is 7.21. The van der Waals surface area contributed by atoms with E-state index in [1.165, 1.54) is 6.07 Å². The van der Waals surface area contributed by atoms with Crippen LogP contribution in [0, 0.1) is 17.0 Å². The Morgan fingerprint density at radius 3 is 2.65 bits per heavy atom. The van der Waals surface area contributed by atoms with Gasteiger partial charge in [0.15, 0.2) is 11.6 Å². The Labute approximate surface area is 175 Å². The highest BCUT2D eigenvalue weighted by atomic mass is 16.6. The van der Waals surface area contributed by atoms with Gasteiger partial charge in [0.1, 0.15) is 10.6 Å². The third-order valence-corrected chi connectivity index (χ3v) is 5.19. The number of nitro groups is 1. The zero-order valence-electron chi connectivity index (χ0n) is 16.5. The number of nitrogens with zero attached hydrogens (tertiary/aromatic N) is 4. The van der Waals surface area contributed by atoms with E-state index in [1.54, 1.807) is 19.1 Å². The molecule has 1 N–H and O–H groups in total. The van der Waals surface area contributed by atoms with E-state index in [0.29, 0.717) is 40.4 Å². The van der Waals surface area contributed by atoms with E-state index in [-0.39, 0.29) is 11.4 Å². The highest BCUT2D eigenvalue weighted by Gasteiger charge is 2.20. The molecule has 0 amide bonds. The summed E-state index contributed by atoms with van der Waals surface area (Å²) in [5.74, 6) is 0.439. The lowest BCUT2D eigenvalue weighted by atomic mass is 10.1. The van der Waals surface area contributed by atoms with Crippen LogP contribution in [0.2, 0.25) is 0 Å². The molecule has 5 aromatic rings. The van der Waals surface area contributed by atoms with Gasteiger partial charge in [-0.1, -0.05) is 30.3 Å². The number of fused-ring (bicyclic) bond motifs is 2. The molecule has 0 aliphatic carbocycles. The molecule has 3 aromatic heterocycles. The molecule has 0 saturated carbocycles. The zero-order valence-corrected chi connectivity index (χ0v) is 16.5. The molecule has 154 valence electrons. The van der Waals surface area contributed by atoms with Gasteiger partial charge < -0.3 is 14.0 Å². The predicted octanol–water partition coefficient (Wildman–Crippen LogP) is 3.99. The number of aromatic nitrogens is 4. The number of aryl methyl sites for hydroxylation is 3. The molecule has 9 heteroatoms. The molecule has 3 heterocycles. The van der Waals surface area contributed by atoms with E-state index < -0.39 is 4.92 Å². The number of hydrogen-bond donors (Lipinski definition) is 1. The highest BCUT2D eigenvalue weighted by molar-refractivity contribution is 5.92. The van der Waals surface area contributed by atoms with Crippen LogP contribution in [0.15, 0.2) is 63.8 Å².